The average Bonchev–Trinajstić information content (AvgIpc) is 2.53. The van der Waals surface area contributed by atoms with Gasteiger partial charge in [0.15, 0.2) is 0 Å². The van der Waals surface area contributed by atoms with Crippen LogP contribution in [0, 0.1) is 5.82 Å². The van der Waals surface area contributed by atoms with Gasteiger partial charge < -0.3 is 5.32 Å². The number of benzene rings is 2. The lowest BCUT2D eigenvalue weighted by atomic mass is 10.1. The molecule has 0 aliphatic heterocycles. The number of halogens is 2. The second-order valence-electron chi connectivity index (χ2n) is 5.43. The topological polar surface area (TPSA) is 66.5 Å². The summed E-state index contributed by atoms with van der Waals surface area (Å²) in [5, 5.41) is 2.79. The predicted molar refractivity (Wildman–Crippen MR) is 97.9 cm³/mol. The number of sulfonamides is 1. The first-order valence-corrected chi connectivity index (χ1v) is 9.77. The lowest BCUT2D eigenvalue weighted by Gasteiger charge is -2.30. The Labute approximate surface area is 151 Å². The number of carbonyl (C=O) groups excluding carboxylic acids is 1. The summed E-state index contributed by atoms with van der Waals surface area (Å²) in [5.74, 6) is -1.22. The van der Waals surface area contributed by atoms with E-state index in [2.05, 4.69) is 5.32 Å². The van der Waals surface area contributed by atoms with Gasteiger partial charge in [0.1, 0.15) is 11.9 Å². The maximum atomic E-state index is 13.8. The molecule has 0 heterocycles. The Kier molecular flexibility index (Phi) is 6.02. The maximum absolute atomic E-state index is 13.8. The van der Waals surface area contributed by atoms with Crippen molar-refractivity contribution in [3.05, 3.63) is 59.4 Å². The molecule has 2 aromatic rings. The molecule has 0 spiro atoms. The van der Waals surface area contributed by atoms with E-state index in [1.807, 2.05) is 0 Å². The zero-order valence-corrected chi connectivity index (χ0v) is 15.3. The van der Waals surface area contributed by atoms with Crippen molar-refractivity contribution in [1.29, 1.82) is 0 Å². The normalized spacial score (nSPS) is 12.5. The van der Waals surface area contributed by atoms with E-state index in [-0.39, 0.29) is 17.8 Å². The highest BCUT2D eigenvalue weighted by Gasteiger charge is 2.31. The Bertz CT molecular complexity index is 874. The van der Waals surface area contributed by atoms with Gasteiger partial charge in [-0.3, -0.25) is 9.10 Å². The van der Waals surface area contributed by atoms with Gasteiger partial charge in [-0.1, -0.05) is 36.7 Å². The van der Waals surface area contributed by atoms with Crippen molar-refractivity contribution in [3.8, 4) is 0 Å². The molecule has 2 rings (SSSR count). The average molecular weight is 385 g/mol. The summed E-state index contributed by atoms with van der Waals surface area (Å²) in [7, 11) is -3.77. The minimum Gasteiger partial charge on any atom is -0.322 e. The number of para-hydroxylation sites is 1. The molecule has 0 fully saturated rings. The molecule has 0 bridgehead atoms. The summed E-state index contributed by atoms with van der Waals surface area (Å²) < 4.78 is 39.4. The van der Waals surface area contributed by atoms with Crippen LogP contribution in [0.15, 0.2) is 48.5 Å². The molecule has 0 aliphatic rings. The van der Waals surface area contributed by atoms with E-state index in [9.17, 15) is 17.6 Å². The van der Waals surface area contributed by atoms with Gasteiger partial charge in [0, 0.05) is 5.02 Å². The van der Waals surface area contributed by atoms with Crippen LogP contribution >= 0.6 is 11.6 Å². The molecular formula is C17H18ClFN2O3S. The number of hydrogen-bond acceptors (Lipinski definition) is 3. The lowest BCUT2D eigenvalue weighted by molar-refractivity contribution is -0.117. The molecule has 25 heavy (non-hydrogen) atoms. The summed E-state index contributed by atoms with van der Waals surface area (Å²) in [6.45, 7) is 1.67. The maximum Gasteiger partial charge on any atom is 0.248 e. The quantitative estimate of drug-likeness (QED) is 0.826. The number of rotatable bonds is 6. The first-order chi connectivity index (χ1) is 11.7. The van der Waals surface area contributed by atoms with Gasteiger partial charge in [0.2, 0.25) is 15.9 Å². The van der Waals surface area contributed by atoms with E-state index >= 15 is 0 Å². The molecule has 2 aromatic carbocycles. The highest BCUT2D eigenvalue weighted by molar-refractivity contribution is 7.92. The van der Waals surface area contributed by atoms with E-state index in [1.54, 1.807) is 31.2 Å². The molecule has 1 unspecified atom stereocenters. The van der Waals surface area contributed by atoms with Crippen molar-refractivity contribution in [3.63, 3.8) is 0 Å². The van der Waals surface area contributed by atoms with Gasteiger partial charge in [-0.15, -0.1) is 0 Å². The van der Waals surface area contributed by atoms with Crippen LogP contribution in [-0.4, -0.2) is 26.6 Å². The molecule has 1 amide bonds. The van der Waals surface area contributed by atoms with Crippen molar-refractivity contribution in [1.82, 2.24) is 0 Å². The molecule has 5 nitrogen and oxygen atoms in total. The number of anilines is 2. The summed E-state index contributed by atoms with van der Waals surface area (Å²) >= 11 is 5.95. The second-order valence-corrected chi connectivity index (χ2v) is 7.73. The van der Waals surface area contributed by atoms with Gasteiger partial charge >= 0.3 is 0 Å². The third kappa shape index (κ3) is 4.70. The molecule has 0 saturated carbocycles. The van der Waals surface area contributed by atoms with Crippen LogP contribution < -0.4 is 9.62 Å². The van der Waals surface area contributed by atoms with E-state index in [1.165, 1.54) is 24.3 Å². The zero-order chi connectivity index (χ0) is 18.6. The highest BCUT2D eigenvalue weighted by Crippen LogP contribution is 2.26. The van der Waals surface area contributed by atoms with Crippen molar-refractivity contribution in [2.75, 3.05) is 15.9 Å². The third-order valence-corrected chi connectivity index (χ3v) is 4.94. The minimum absolute atomic E-state index is 0.00880. The summed E-state index contributed by atoms with van der Waals surface area (Å²) in [6, 6.07) is 10.8. The lowest BCUT2D eigenvalue weighted by Crippen LogP contribution is -2.47. The minimum atomic E-state index is -3.77. The zero-order valence-electron chi connectivity index (χ0n) is 13.7. The molecule has 134 valence electrons. The monoisotopic (exact) mass is 384 g/mol. The van der Waals surface area contributed by atoms with E-state index < -0.39 is 27.8 Å². The van der Waals surface area contributed by atoms with Crippen LogP contribution in [-0.2, 0) is 14.8 Å². The number of carbonyl (C=O) groups is 1. The van der Waals surface area contributed by atoms with Crippen LogP contribution in [0.25, 0.3) is 0 Å². The first kappa shape index (κ1) is 19.2. The Morgan fingerprint density at radius 1 is 1.24 bits per heavy atom. The fourth-order valence-electron chi connectivity index (χ4n) is 2.45. The summed E-state index contributed by atoms with van der Waals surface area (Å²) in [5.41, 5.74) is 0.260. The number of amides is 1. The van der Waals surface area contributed by atoms with E-state index in [0.29, 0.717) is 5.02 Å². The Morgan fingerprint density at radius 3 is 2.48 bits per heavy atom. The van der Waals surface area contributed by atoms with Gasteiger partial charge in [0.25, 0.3) is 0 Å². The summed E-state index contributed by atoms with van der Waals surface area (Å²) in [6.07, 6.45) is 1.20. The largest absolute Gasteiger partial charge is 0.322 e. The molecular weight excluding hydrogens is 367 g/mol. The summed E-state index contributed by atoms with van der Waals surface area (Å²) in [4.78, 5) is 12.6. The van der Waals surface area contributed by atoms with Crippen LogP contribution in [0.2, 0.25) is 5.02 Å². The van der Waals surface area contributed by atoms with E-state index in [0.717, 1.165) is 10.6 Å². The number of hydrogen-bond donors (Lipinski definition) is 1. The molecule has 0 saturated heterocycles. The molecule has 1 atom stereocenters. The number of nitrogens with one attached hydrogen (secondary N) is 1. The molecule has 0 radical (unpaired) electrons. The van der Waals surface area contributed by atoms with Crippen LogP contribution in [0.4, 0.5) is 15.8 Å². The SMILES string of the molecule is CCC(C(=O)Nc1ccccc1F)N(c1cccc(Cl)c1)S(C)(=O)=O. The van der Waals surface area contributed by atoms with Crippen molar-refractivity contribution < 1.29 is 17.6 Å². The van der Waals surface area contributed by atoms with Crippen molar-refractivity contribution in [2.45, 2.75) is 19.4 Å². The molecule has 0 aromatic heterocycles. The van der Waals surface area contributed by atoms with Gasteiger partial charge in [0.05, 0.1) is 17.6 Å². The van der Waals surface area contributed by atoms with Crippen LogP contribution in [0.3, 0.4) is 0 Å². The van der Waals surface area contributed by atoms with Gasteiger partial charge in [-0.25, -0.2) is 12.8 Å². The Hall–Kier alpha value is -2.12. The predicted octanol–water partition coefficient (Wildman–Crippen LogP) is 3.66. The molecule has 8 heteroatoms. The van der Waals surface area contributed by atoms with Gasteiger partial charge in [-0.05, 0) is 36.8 Å². The fourth-order valence-corrected chi connectivity index (χ4v) is 3.84. The highest BCUT2D eigenvalue weighted by atomic mass is 35.5. The van der Waals surface area contributed by atoms with Crippen LogP contribution in [0.1, 0.15) is 13.3 Å². The third-order valence-electron chi connectivity index (χ3n) is 3.52. The smallest absolute Gasteiger partial charge is 0.248 e. The van der Waals surface area contributed by atoms with Gasteiger partial charge in [-0.2, -0.15) is 0 Å². The Morgan fingerprint density at radius 2 is 1.92 bits per heavy atom. The van der Waals surface area contributed by atoms with E-state index in [4.69, 9.17) is 11.6 Å². The molecule has 0 aliphatic carbocycles. The fraction of sp³-hybridized carbons (Fsp3) is 0.235. The van der Waals surface area contributed by atoms with Crippen LogP contribution in [0.5, 0.6) is 0 Å². The second kappa shape index (κ2) is 7.84. The van der Waals surface area contributed by atoms with Crippen molar-refractivity contribution in [2.24, 2.45) is 0 Å². The number of nitrogens with zero attached hydrogens (tertiary/aromatic N) is 1. The first-order valence-electron chi connectivity index (χ1n) is 7.54. The van der Waals surface area contributed by atoms with Crippen molar-refractivity contribution >= 4 is 38.9 Å². The molecule has 1 N–H and O–H groups in total. The Balaban J connectivity index is 2.40. The standard InChI is InChI=1S/C17H18ClFN2O3S/c1-3-16(17(22)20-15-10-5-4-9-14(15)19)21(25(2,23)24)13-8-6-7-12(18)11-13/h4-11,16H,3H2,1-2H3,(H,20,22).